The number of carbonyl (C=O) groups is 4. The molecule has 0 unspecified atom stereocenters. The van der Waals surface area contributed by atoms with Gasteiger partial charge in [0.05, 0.1) is 24.3 Å². The molecule has 1 aliphatic rings. The van der Waals surface area contributed by atoms with E-state index in [1.54, 1.807) is 0 Å². The predicted molar refractivity (Wildman–Crippen MR) is 94.9 cm³/mol. The zero-order valence-corrected chi connectivity index (χ0v) is 15.2. The van der Waals surface area contributed by atoms with E-state index in [-0.39, 0.29) is 49.5 Å². The molecule has 0 atom stereocenters. The smallest absolute Gasteiger partial charge is 0.336 e. The average Bonchev–Trinajstić information content (AvgIpc) is 2.69. The van der Waals surface area contributed by atoms with Gasteiger partial charge in [-0.2, -0.15) is 0 Å². The van der Waals surface area contributed by atoms with Crippen molar-refractivity contribution in [3.05, 3.63) is 35.4 Å². The highest BCUT2D eigenvalue weighted by molar-refractivity contribution is 6.01. The standard InChI is InChI=1S/C8H12O4.C8H6O4.C2H6O2/c9-7-3-1-2-4-8(10)12-6-5-11-7;9-7(10)5-3-1-2-4-6(5)8(11)12;3-1-2-4/h1-6H2;1-4H,(H,9,10)(H,11,12);3-4H,1-2H2. The van der Waals surface area contributed by atoms with Crippen molar-refractivity contribution in [1.82, 2.24) is 0 Å². The molecule has 1 saturated heterocycles. The van der Waals surface area contributed by atoms with Crippen LogP contribution in [0.4, 0.5) is 0 Å². The highest BCUT2D eigenvalue weighted by Crippen LogP contribution is 2.08. The minimum Gasteiger partial charge on any atom is -0.478 e. The lowest BCUT2D eigenvalue weighted by Crippen LogP contribution is -2.15. The summed E-state index contributed by atoms with van der Waals surface area (Å²) in [5.74, 6) is -2.86. The number of aromatic carboxylic acids is 2. The van der Waals surface area contributed by atoms with Crippen LogP contribution >= 0.6 is 0 Å². The Balaban J connectivity index is 0.000000439. The Labute approximate surface area is 161 Å². The Hall–Kier alpha value is -2.98. The molecule has 0 amide bonds. The SMILES string of the molecule is O=C(O)c1ccccc1C(=O)O.O=C1CCCCC(=O)OCCO1.OCCO. The number of rotatable bonds is 3. The molecule has 4 N–H and O–H groups in total. The van der Waals surface area contributed by atoms with Crippen LogP contribution in [0.2, 0.25) is 0 Å². The highest BCUT2D eigenvalue weighted by atomic mass is 16.6. The number of hydrogen-bond acceptors (Lipinski definition) is 8. The first kappa shape index (κ1) is 25.0. The maximum absolute atomic E-state index is 10.8. The van der Waals surface area contributed by atoms with Crippen molar-refractivity contribution in [2.45, 2.75) is 25.7 Å². The molecule has 0 aromatic heterocycles. The number of esters is 2. The van der Waals surface area contributed by atoms with Gasteiger partial charge in [-0.3, -0.25) is 9.59 Å². The molecule has 1 aromatic carbocycles. The zero-order valence-electron chi connectivity index (χ0n) is 15.2. The van der Waals surface area contributed by atoms with Crippen molar-refractivity contribution in [2.24, 2.45) is 0 Å². The number of cyclic esters (lactones) is 2. The fourth-order valence-electron chi connectivity index (χ4n) is 1.85. The van der Waals surface area contributed by atoms with Crippen LogP contribution in [0.25, 0.3) is 0 Å². The Morgan fingerprint density at radius 3 is 1.43 bits per heavy atom. The number of benzene rings is 1. The fourth-order valence-corrected chi connectivity index (χ4v) is 1.85. The van der Waals surface area contributed by atoms with E-state index in [9.17, 15) is 19.2 Å². The lowest BCUT2D eigenvalue weighted by Gasteiger charge is -2.08. The van der Waals surface area contributed by atoms with E-state index in [1.165, 1.54) is 24.3 Å². The summed E-state index contributed by atoms with van der Waals surface area (Å²) in [7, 11) is 0. The number of ether oxygens (including phenoxy) is 2. The van der Waals surface area contributed by atoms with Gasteiger partial charge in [0.1, 0.15) is 13.2 Å². The van der Waals surface area contributed by atoms with Gasteiger partial charge in [-0.05, 0) is 25.0 Å². The number of aliphatic hydroxyl groups is 2. The molecule has 0 radical (unpaired) electrons. The first-order valence-electron chi connectivity index (χ1n) is 8.42. The summed E-state index contributed by atoms with van der Waals surface area (Å²) in [4.78, 5) is 42.6. The molecule has 1 aromatic rings. The lowest BCUT2D eigenvalue weighted by atomic mass is 10.1. The molecule has 1 fully saturated rings. The first-order valence-corrected chi connectivity index (χ1v) is 8.42. The maximum Gasteiger partial charge on any atom is 0.336 e. The van der Waals surface area contributed by atoms with E-state index < -0.39 is 11.9 Å². The predicted octanol–water partition coefficient (Wildman–Crippen LogP) is 0.701. The molecule has 0 saturated carbocycles. The summed E-state index contributed by atoms with van der Waals surface area (Å²) in [6.07, 6.45) is 2.22. The van der Waals surface area contributed by atoms with Crippen molar-refractivity contribution < 1.29 is 49.1 Å². The molecule has 0 aliphatic carbocycles. The molecule has 28 heavy (non-hydrogen) atoms. The molecule has 0 spiro atoms. The van der Waals surface area contributed by atoms with Gasteiger partial charge in [0.2, 0.25) is 0 Å². The summed E-state index contributed by atoms with van der Waals surface area (Å²) in [5, 5.41) is 32.4. The van der Waals surface area contributed by atoms with Gasteiger partial charge in [0, 0.05) is 12.8 Å². The topological polar surface area (TPSA) is 168 Å². The molecule has 1 aliphatic heterocycles. The Kier molecular flexibility index (Phi) is 13.5. The average molecular weight is 400 g/mol. The molecular formula is C18H24O10. The van der Waals surface area contributed by atoms with Crippen LogP contribution in [0.3, 0.4) is 0 Å². The Morgan fingerprint density at radius 1 is 0.786 bits per heavy atom. The van der Waals surface area contributed by atoms with Crippen LogP contribution in [0.5, 0.6) is 0 Å². The van der Waals surface area contributed by atoms with Crippen LogP contribution in [0, 0.1) is 0 Å². The lowest BCUT2D eigenvalue weighted by molar-refractivity contribution is -0.153. The monoisotopic (exact) mass is 400 g/mol. The normalized spacial score (nSPS) is 14.1. The van der Waals surface area contributed by atoms with Gasteiger partial charge in [0.25, 0.3) is 0 Å². The van der Waals surface area contributed by atoms with E-state index in [2.05, 4.69) is 0 Å². The van der Waals surface area contributed by atoms with Crippen molar-refractivity contribution in [3.63, 3.8) is 0 Å². The molecule has 10 heteroatoms. The second-order valence-corrected chi connectivity index (χ2v) is 5.25. The van der Waals surface area contributed by atoms with Gasteiger partial charge < -0.3 is 29.9 Å². The van der Waals surface area contributed by atoms with E-state index in [0.717, 1.165) is 0 Å². The summed E-state index contributed by atoms with van der Waals surface area (Å²) in [6.45, 7) is 0.120. The molecular weight excluding hydrogens is 376 g/mol. The van der Waals surface area contributed by atoms with E-state index >= 15 is 0 Å². The second-order valence-electron chi connectivity index (χ2n) is 5.25. The summed E-state index contributed by atoms with van der Waals surface area (Å²) in [6, 6.07) is 5.48. The van der Waals surface area contributed by atoms with Crippen LogP contribution in [0.15, 0.2) is 24.3 Å². The van der Waals surface area contributed by atoms with Gasteiger partial charge in [-0.25, -0.2) is 9.59 Å². The van der Waals surface area contributed by atoms with Gasteiger partial charge >= 0.3 is 23.9 Å². The summed E-state index contributed by atoms with van der Waals surface area (Å²) < 4.78 is 9.50. The molecule has 10 nitrogen and oxygen atoms in total. The maximum atomic E-state index is 10.8. The van der Waals surface area contributed by atoms with Crippen molar-refractivity contribution in [3.8, 4) is 0 Å². The Morgan fingerprint density at radius 2 is 1.14 bits per heavy atom. The minimum atomic E-state index is -1.23. The first-order chi connectivity index (χ1) is 13.3. The third-order valence-electron chi connectivity index (χ3n) is 3.11. The highest BCUT2D eigenvalue weighted by Gasteiger charge is 2.13. The molecule has 0 bridgehead atoms. The quantitative estimate of drug-likeness (QED) is 0.530. The van der Waals surface area contributed by atoms with Crippen molar-refractivity contribution >= 4 is 23.9 Å². The third-order valence-corrected chi connectivity index (χ3v) is 3.11. The number of hydrogen-bond donors (Lipinski definition) is 4. The van der Waals surface area contributed by atoms with Crippen LogP contribution < -0.4 is 0 Å². The van der Waals surface area contributed by atoms with E-state index in [0.29, 0.717) is 25.7 Å². The minimum absolute atomic E-state index is 0.125. The van der Waals surface area contributed by atoms with Crippen molar-refractivity contribution in [1.29, 1.82) is 0 Å². The van der Waals surface area contributed by atoms with E-state index in [4.69, 9.17) is 29.9 Å². The van der Waals surface area contributed by atoms with Crippen LogP contribution in [0.1, 0.15) is 46.4 Å². The number of aliphatic hydroxyl groups excluding tert-OH is 2. The third kappa shape index (κ3) is 11.6. The van der Waals surface area contributed by atoms with Gasteiger partial charge in [-0.15, -0.1) is 0 Å². The zero-order chi connectivity index (χ0) is 21.4. The molecule has 1 heterocycles. The van der Waals surface area contributed by atoms with Gasteiger partial charge in [-0.1, -0.05) is 12.1 Å². The van der Waals surface area contributed by atoms with E-state index in [1.807, 2.05) is 0 Å². The molecule has 156 valence electrons. The van der Waals surface area contributed by atoms with Crippen LogP contribution in [-0.4, -0.2) is 70.7 Å². The summed E-state index contributed by atoms with van der Waals surface area (Å²) >= 11 is 0. The molecule has 2 rings (SSSR count). The summed E-state index contributed by atoms with van der Waals surface area (Å²) in [5.41, 5.74) is -0.380. The number of carboxylic acids is 2. The van der Waals surface area contributed by atoms with Gasteiger partial charge in [0.15, 0.2) is 0 Å². The van der Waals surface area contributed by atoms with Crippen molar-refractivity contribution in [2.75, 3.05) is 26.4 Å². The van der Waals surface area contributed by atoms with Crippen LogP contribution in [-0.2, 0) is 19.1 Å². The fraction of sp³-hybridized carbons (Fsp3) is 0.444. The Bertz CT molecular complexity index is 570. The number of carbonyl (C=O) groups excluding carboxylic acids is 2. The largest absolute Gasteiger partial charge is 0.478 e. The number of carboxylic acid groups (broad SMARTS) is 2. The second kappa shape index (κ2) is 15.1.